The number of hydrogen-bond donors (Lipinski definition) is 4. The average Bonchev–Trinajstić information content (AvgIpc) is 2.74. The number of hydrogen-bond acceptors (Lipinski definition) is 4. The Hall–Kier alpha value is -3.23. The van der Waals surface area contributed by atoms with Gasteiger partial charge in [-0.1, -0.05) is 30.3 Å². The maximum atomic E-state index is 14.1. The summed E-state index contributed by atoms with van der Waals surface area (Å²) in [5.41, 5.74) is 5.73. The molecule has 3 unspecified atom stereocenters. The first kappa shape index (κ1) is 24.4. The number of aromatic hydroxyl groups is 1. The zero-order valence-corrected chi connectivity index (χ0v) is 18.1. The second kappa shape index (κ2) is 10.1. The lowest BCUT2D eigenvalue weighted by molar-refractivity contribution is -0.154. The lowest BCUT2D eigenvalue weighted by Gasteiger charge is -2.45. The van der Waals surface area contributed by atoms with E-state index in [1.165, 1.54) is 30.3 Å². The highest BCUT2D eigenvalue weighted by molar-refractivity contribution is 5.78. The number of alkyl halides is 3. The Balaban J connectivity index is 1.99. The molecular formula is C24H28F3N3O3. The molecule has 5 N–H and O–H groups in total. The Morgan fingerprint density at radius 1 is 1.21 bits per heavy atom. The van der Waals surface area contributed by atoms with E-state index in [0.29, 0.717) is 18.4 Å². The summed E-state index contributed by atoms with van der Waals surface area (Å²) in [6.07, 6.45) is -3.88. The molecule has 0 saturated carbocycles. The van der Waals surface area contributed by atoms with E-state index in [-0.39, 0.29) is 55.3 Å². The van der Waals surface area contributed by atoms with Crippen molar-refractivity contribution in [1.82, 2.24) is 10.6 Å². The number of benzene rings is 2. The van der Waals surface area contributed by atoms with Crippen molar-refractivity contribution in [2.75, 3.05) is 18.8 Å². The standard InChI is InChI=1S/C24H28F3N3O3/c25-24(26,27)19(16-4-3-5-17(28)12-16)8-9-23(10-11-29-15-31)13-22(33)30-14-20(23)18-6-1-2-7-21(18)32/h1-7,12,15,19-20,32H,8-11,13-14,28H2,(H,29,31)(H,30,33). The molecule has 2 aromatic carbocycles. The Morgan fingerprint density at radius 3 is 2.64 bits per heavy atom. The molecule has 2 aromatic rings. The SMILES string of the molecule is Nc1cccc(C(CCC2(CCNC=O)CC(=O)NCC2c2ccccc2O)C(F)(F)F)c1. The highest BCUT2D eigenvalue weighted by Gasteiger charge is 2.48. The van der Waals surface area contributed by atoms with E-state index in [4.69, 9.17) is 5.73 Å². The molecule has 1 aliphatic rings. The van der Waals surface area contributed by atoms with Crippen LogP contribution in [0.1, 0.15) is 48.6 Å². The van der Waals surface area contributed by atoms with Gasteiger partial charge in [0.05, 0.1) is 5.92 Å². The third-order valence-electron chi connectivity index (χ3n) is 6.56. The third-order valence-corrected chi connectivity index (χ3v) is 6.56. The monoisotopic (exact) mass is 463 g/mol. The largest absolute Gasteiger partial charge is 0.508 e. The molecule has 3 atom stereocenters. The number of para-hydroxylation sites is 1. The fourth-order valence-corrected chi connectivity index (χ4v) is 4.92. The molecule has 0 radical (unpaired) electrons. The molecule has 6 nitrogen and oxygen atoms in total. The van der Waals surface area contributed by atoms with Gasteiger partial charge in [0, 0.05) is 31.1 Å². The summed E-state index contributed by atoms with van der Waals surface area (Å²) >= 11 is 0. The highest BCUT2D eigenvalue weighted by Crippen LogP contribution is 2.51. The van der Waals surface area contributed by atoms with Gasteiger partial charge < -0.3 is 21.5 Å². The normalized spacial score (nSPS) is 21.8. The first-order valence-corrected chi connectivity index (χ1v) is 10.8. The lowest BCUT2D eigenvalue weighted by Crippen LogP contribution is -2.48. The molecule has 9 heteroatoms. The molecule has 0 bridgehead atoms. The number of nitrogens with two attached hydrogens (primary N) is 1. The lowest BCUT2D eigenvalue weighted by atomic mass is 9.62. The van der Waals surface area contributed by atoms with Crippen molar-refractivity contribution >= 4 is 18.0 Å². The second-order valence-electron chi connectivity index (χ2n) is 8.58. The van der Waals surface area contributed by atoms with Crippen molar-refractivity contribution in [1.29, 1.82) is 0 Å². The van der Waals surface area contributed by atoms with Gasteiger partial charge in [0.2, 0.25) is 12.3 Å². The van der Waals surface area contributed by atoms with Crippen LogP contribution in [0.4, 0.5) is 18.9 Å². The smallest absolute Gasteiger partial charge is 0.395 e. The van der Waals surface area contributed by atoms with E-state index >= 15 is 0 Å². The van der Waals surface area contributed by atoms with Crippen LogP contribution >= 0.6 is 0 Å². The molecule has 1 fully saturated rings. The van der Waals surface area contributed by atoms with Crippen molar-refractivity contribution in [3.63, 3.8) is 0 Å². The summed E-state index contributed by atoms with van der Waals surface area (Å²) in [5, 5.41) is 15.8. The first-order valence-electron chi connectivity index (χ1n) is 10.8. The number of carbonyl (C=O) groups is 2. The van der Waals surface area contributed by atoms with Crippen molar-refractivity contribution in [3.05, 3.63) is 59.7 Å². The second-order valence-corrected chi connectivity index (χ2v) is 8.58. The quantitative estimate of drug-likeness (QED) is 0.258. The summed E-state index contributed by atoms with van der Waals surface area (Å²) < 4.78 is 42.2. The minimum absolute atomic E-state index is 0.00591. The third kappa shape index (κ3) is 5.77. The molecule has 2 amide bonds. The number of anilines is 1. The van der Waals surface area contributed by atoms with Gasteiger partial charge in [-0.2, -0.15) is 13.2 Å². The van der Waals surface area contributed by atoms with E-state index in [2.05, 4.69) is 10.6 Å². The van der Waals surface area contributed by atoms with Crippen LogP contribution in [0.15, 0.2) is 48.5 Å². The zero-order valence-electron chi connectivity index (χ0n) is 18.1. The number of carbonyl (C=O) groups excluding carboxylic acids is 2. The number of phenolic OH excluding ortho intramolecular Hbond substituents is 1. The number of amides is 2. The van der Waals surface area contributed by atoms with Crippen molar-refractivity contribution in [3.8, 4) is 5.75 Å². The number of nitrogen functional groups attached to an aromatic ring is 1. The van der Waals surface area contributed by atoms with Gasteiger partial charge in [-0.15, -0.1) is 0 Å². The summed E-state index contributed by atoms with van der Waals surface area (Å²) in [7, 11) is 0. The summed E-state index contributed by atoms with van der Waals surface area (Å²) in [6.45, 7) is 0.391. The van der Waals surface area contributed by atoms with E-state index in [0.717, 1.165) is 0 Å². The Kier molecular flexibility index (Phi) is 7.50. The van der Waals surface area contributed by atoms with Crippen LogP contribution in [-0.2, 0) is 9.59 Å². The van der Waals surface area contributed by atoms with Crippen LogP contribution < -0.4 is 16.4 Å². The van der Waals surface area contributed by atoms with Crippen molar-refractivity contribution < 1.29 is 27.9 Å². The number of rotatable bonds is 9. The first-order chi connectivity index (χ1) is 15.7. The summed E-state index contributed by atoms with van der Waals surface area (Å²) in [4.78, 5) is 23.3. The zero-order chi connectivity index (χ0) is 24.1. The molecule has 178 valence electrons. The molecule has 0 spiro atoms. The number of halogens is 3. The molecule has 1 heterocycles. The Bertz CT molecular complexity index is 983. The van der Waals surface area contributed by atoms with Gasteiger partial charge in [-0.25, -0.2) is 0 Å². The summed E-state index contributed by atoms with van der Waals surface area (Å²) in [6, 6.07) is 12.4. The molecular weight excluding hydrogens is 435 g/mol. The summed E-state index contributed by atoms with van der Waals surface area (Å²) in [5.74, 6) is -2.42. The molecule has 1 aliphatic heterocycles. The average molecular weight is 464 g/mol. The van der Waals surface area contributed by atoms with Crippen LogP contribution in [0, 0.1) is 5.41 Å². The number of phenols is 1. The predicted octanol–water partition coefficient (Wildman–Crippen LogP) is 3.83. The maximum Gasteiger partial charge on any atom is 0.395 e. The molecule has 33 heavy (non-hydrogen) atoms. The van der Waals surface area contributed by atoms with Gasteiger partial charge in [0.15, 0.2) is 0 Å². The van der Waals surface area contributed by atoms with E-state index in [1.807, 2.05) is 0 Å². The van der Waals surface area contributed by atoms with Crippen LogP contribution in [0.25, 0.3) is 0 Å². The fourth-order valence-electron chi connectivity index (χ4n) is 4.92. The van der Waals surface area contributed by atoms with E-state index in [9.17, 15) is 27.9 Å². The Morgan fingerprint density at radius 2 is 1.97 bits per heavy atom. The number of nitrogens with one attached hydrogen (secondary N) is 2. The van der Waals surface area contributed by atoms with E-state index < -0.39 is 23.4 Å². The molecule has 0 aromatic heterocycles. The maximum absolute atomic E-state index is 14.1. The number of piperidine rings is 1. The molecule has 0 aliphatic carbocycles. The van der Waals surface area contributed by atoms with E-state index in [1.54, 1.807) is 18.2 Å². The van der Waals surface area contributed by atoms with Gasteiger partial charge >= 0.3 is 6.18 Å². The van der Waals surface area contributed by atoms with Crippen LogP contribution in [0.3, 0.4) is 0 Å². The van der Waals surface area contributed by atoms with Crippen LogP contribution in [0.2, 0.25) is 0 Å². The predicted molar refractivity (Wildman–Crippen MR) is 118 cm³/mol. The minimum atomic E-state index is -4.50. The van der Waals surface area contributed by atoms with Gasteiger partial charge in [0.25, 0.3) is 0 Å². The van der Waals surface area contributed by atoms with Crippen molar-refractivity contribution in [2.24, 2.45) is 5.41 Å². The van der Waals surface area contributed by atoms with Gasteiger partial charge in [-0.05, 0) is 54.0 Å². The molecule has 3 rings (SSSR count). The minimum Gasteiger partial charge on any atom is -0.508 e. The van der Waals surface area contributed by atoms with Gasteiger partial charge in [-0.3, -0.25) is 9.59 Å². The van der Waals surface area contributed by atoms with Crippen molar-refractivity contribution in [2.45, 2.75) is 43.7 Å². The van der Waals surface area contributed by atoms with Crippen LogP contribution in [0.5, 0.6) is 5.75 Å². The Labute approximate surface area is 190 Å². The highest BCUT2D eigenvalue weighted by atomic mass is 19.4. The fraction of sp³-hybridized carbons (Fsp3) is 0.417. The van der Waals surface area contributed by atoms with Gasteiger partial charge in [0.1, 0.15) is 5.75 Å². The topological polar surface area (TPSA) is 104 Å². The molecule has 1 saturated heterocycles. The van der Waals surface area contributed by atoms with Crippen LogP contribution in [-0.4, -0.2) is 36.7 Å².